The van der Waals surface area contributed by atoms with Gasteiger partial charge in [0.05, 0.1) is 17.6 Å². The Labute approximate surface area is 205 Å². The summed E-state index contributed by atoms with van der Waals surface area (Å²) >= 11 is 0. The zero-order chi connectivity index (χ0) is 24.9. The normalized spacial score (nSPS) is 58.5. The largest absolute Gasteiger partial charge is 0.455 e. The zero-order valence-electron chi connectivity index (χ0n) is 21.1. The summed E-state index contributed by atoms with van der Waals surface area (Å²) in [5.74, 6) is 0.393. The molecular weight excluding hydrogens is 448 g/mol. The van der Waals surface area contributed by atoms with Gasteiger partial charge in [0, 0.05) is 16.9 Å². The molecule has 0 unspecified atom stereocenters. The van der Waals surface area contributed by atoms with Crippen LogP contribution in [0.5, 0.6) is 0 Å². The smallest absolute Gasteiger partial charge is 0.334 e. The van der Waals surface area contributed by atoms with Crippen LogP contribution in [0.4, 0.5) is 0 Å². The van der Waals surface area contributed by atoms with E-state index in [0.29, 0.717) is 23.0 Å². The number of fused-ring (bicyclic) bond motifs is 6. The molecule has 3 saturated carbocycles. The Kier molecular flexibility index (Phi) is 4.19. The van der Waals surface area contributed by atoms with E-state index in [1.54, 1.807) is 19.1 Å². The molecule has 2 saturated heterocycles. The van der Waals surface area contributed by atoms with Gasteiger partial charge < -0.3 is 24.4 Å². The SMILES string of the molecule is CC1=C(C)[C@H](O)[C@H]([C@@H](C)[C@@]23O[C@@H]2C[C@H]2[C@@H]4C[C@H]5O[C@]56[C@@H](O)C=CC(=O)[C@]6(C)[C@H]4CC[C@@]23C)OC1=O. The third kappa shape index (κ3) is 2.26. The fourth-order valence-corrected chi connectivity index (χ4v) is 10.0. The summed E-state index contributed by atoms with van der Waals surface area (Å²) in [4.78, 5) is 25.9. The van der Waals surface area contributed by atoms with E-state index in [1.165, 1.54) is 0 Å². The Morgan fingerprint density at radius 2 is 1.80 bits per heavy atom. The average Bonchev–Trinajstić information content (AvgIpc) is 3.72. The van der Waals surface area contributed by atoms with Crippen molar-refractivity contribution in [3.8, 4) is 0 Å². The first-order valence-electron chi connectivity index (χ1n) is 13.3. The van der Waals surface area contributed by atoms with Gasteiger partial charge in [-0.2, -0.15) is 0 Å². The maximum Gasteiger partial charge on any atom is 0.334 e. The molecule has 7 nitrogen and oxygen atoms in total. The molecule has 3 heterocycles. The van der Waals surface area contributed by atoms with Crippen molar-refractivity contribution in [3.05, 3.63) is 23.3 Å². The molecule has 0 amide bonds. The number of rotatable bonds is 2. The maximum atomic E-state index is 13.3. The molecule has 7 rings (SSSR count). The van der Waals surface area contributed by atoms with Gasteiger partial charge in [0.25, 0.3) is 0 Å². The highest BCUT2D eigenvalue weighted by atomic mass is 16.6. The van der Waals surface area contributed by atoms with E-state index in [9.17, 15) is 19.8 Å². The first-order valence-corrected chi connectivity index (χ1v) is 13.3. The predicted molar refractivity (Wildman–Crippen MR) is 124 cm³/mol. The molecule has 3 aliphatic heterocycles. The minimum atomic E-state index is -0.830. The number of aliphatic hydroxyl groups is 2. The second-order valence-corrected chi connectivity index (χ2v) is 12.9. The maximum absolute atomic E-state index is 13.3. The quantitative estimate of drug-likeness (QED) is 0.458. The fourth-order valence-electron chi connectivity index (χ4n) is 10.0. The topological polar surface area (TPSA) is 109 Å². The first-order chi connectivity index (χ1) is 16.4. The molecule has 0 aromatic rings. The Morgan fingerprint density at radius 1 is 1.06 bits per heavy atom. The van der Waals surface area contributed by atoms with Crippen LogP contribution in [0.3, 0.4) is 0 Å². The van der Waals surface area contributed by atoms with Crippen LogP contribution in [0.2, 0.25) is 0 Å². The Balaban J connectivity index is 1.23. The highest BCUT2D eigenvalue weighted by Crippen LogP contribution is 2.78. The van der Waals surface area contributed by atoms with Crippen molar-refractivity contribution in [1.82, 2.24) is 0 Å². The van der Waals surface area contributed by atoms with Crippen LogP contribution in [0.15, 0.2) is 23.3 Å². The van der Waals surface area contributed by atoms with Gasteiger partial charge in [-0.3, -0.25) is 4.79 Å². The molecule has 0 aromatic heterocycles. The molecule has 4 aliphatic carbocycles. The number of ketones is 1. The van der Waals surface area contributed by atoms with Gasteiger partial charge in [0.1, 0.15) is 29.5 Å². The van der Waals surface area contributed by atoms with Crippen molar-refractivity contribution in [2.75, 3.05) is 0 Å². The van der Waals surface area contributed by atoms with E-state index in [2.05, 4.69) is 13.8 Å². The number of allylic oxidation sites excluding steroid dienone is 1. The fraction of sp³-hybridized carbons (Fsp3) is 0.786. The lowest BCUT2D eigenvalue weighted by molar-refractivity contribution is -0.169. The molecule has 0 aromatic carbocycles. The standard InChI is InChI=1S/C28H36O7/c1-12-13(2)24(32)33-23(22(12)31)14(3)27-21(34-27)11-17-15-10-20-28(35-20)19(30)7-6-18(29)26(28,5)16(15)8-9-25(17,27)4/h6-7,14-17,19-23,30-31H,8-11H2,1-5H3/t14-,15-,16+,17+,19+,20-,21-,22+,23+,25+,26+,27-,28-/m1/s1. The van der Waals surface area contributed by atoms with Crippen LogP contribution in [-0.2, 0) is 23.8 Å². The summed E-state index contributed by atoms with van der Waals surface area (Å²) in [6, 6.07) is 0. The van der Waals surface area contributed by atoms with Crippen molar-refractivity contribution in [1.29, 1.82) is 0 Å². The number of aliphatic hydroxyl groups excluding tert-OH is 2. The number of epoxide rings is 2. The van der Waals surface area contributed by atoms with Gasteiger partial charge in [-0.25, -0.2) is 4.79 Å². The molecule has 0 bridgehead atoms. The van der Waals surface area contributed by atoms with Gasteiger partial charge in [-0.1, -0.05) is 13.8 Å². The molecule has 13 atom stereocenters. The van der Waals surface area contributed by atoms with Crippen molar-refractivity contribution >= 4 is 11.8 Å². The summed E-state index contributed by atoms with van der Waals surface area (Å²) < 4.78 is 18.5. The van der Waals surface area contributed by atoms with Gasteiger partial charge in [-0.05, 0) is 81.9 Å². The van der Waals surface area contributed by atoms with Crippen molar-refractivity contribution in [3.63, 3.8) is 0 Å². The average molecular weight is 485 g/mol. The first kappa shape index (κ1) is 22.6. The third-order valence-corrected chi connectivity index (χ3v) is 12.2. The summed E-state index contributed by atoms with van der Waals surface area (Å²) in [5.41, 5.74) is -0.906. The van der Waals surface area contributed by atoms with Crippen molar-refractivity contribution in [2.45, 2.75) is 102 Å². The van der Waals surface area contributed by atoms with Gasteiger partial charge in [0.2, 0.25) is 0 Å². The van der Waals surface area contributed by atoms with Crippen LogP contribution in [-0.4, -0.2) is 63.7 Å². The molecule has 35 heavy (non-hydrogen) atoms. The molecule has 7 aliphatic rings. The molecule has 0 radical (unpaired) electrons. The third-order valence-electron chi connectivity index (χ3n) is 12.2. The highest BCUT2D eigenvalue weighted by Gasteiger charge is 2.84. The van der Waals surface area contributed by atoms with Gasteiger partial charge in [0.15, 0.2) is 5.78 Å². The molecule has 1 spiro atoms. The number of carbonyl (C=O) groups excluding carboxylic acids is 2. The summed E-state index contributed by atoms with van der Waals surface area (Å²) in [7, 11) is 0. The second kappa shape index (κ2) is 6.47. The lowest BCUT2D eigenvalue weighted by Gasteiger charge is -2.58. The number of carbonyl (C=O) groups is 2. The highest BCUT2D eigenvalue weighted by molar-refractivity contribution is 5.98. The van der Waals surface area contributed by atoms with E-state index in [-0.39, 0.29) is 41.2 Å². The van der Waals surface area contributed by atoms with Crippen LogP contribution in [0, 0.1) is 34.5 Å². The van der Waals surface area contributed by atoms with E-state index >= 15 is 0 Å². The molecule has 190 valence electrons. The zero-order valence-corrected chi connectivity index (χ0v) is 21.1. The summed E-state index contributed by atoms with van der Waals surface area (Å²) in [6.45, 7) is 9.92. The number of esters is 1. The number of hydrogen-bond donors (Lipinski definition) is 2. The lowest BCUT2D eigenvalue weighted by Crippen LogP contribution is -2.64. The van der Waals surface area contributed by atoms with Crippen LogP contribution >= 0.6 is 0 Å². The van der Waals surface area contributed by atoms with Crippen LogP contribution in [0.1, 0.15) is 60.3 Å². The Bertz CT molecular complexity index is 1110. The Hall–Kier alpha value is -1.54. The predicted octanol–water partition coefficient (Wildman–Crippen LogP) is 2.48. The lowest BCUT2D eigenvalue weighted by atomic mass is 9.44. The van der Waals surface area contributed by atoms with Crippen LogP contribution < -0.4 is 0 Å². The minimum Gasteiger partial charge on any atom is -0.455 e. The Morgan fingerprint density at radius 3 is 2.54 bits per heavy atom. The summed E-state index contributed by atoms with van der Waals surface area (Å²) in [6.07, 6.45) is 4.49. The van der Waals surface area contributed by atoms with Crippen molar-refractivity contribution in [2.24, 2.45) is 34.5 Å². The van der Waals surface area contributed by atoms with E-state index in [4.69, 9.17) is 14.2 Å². The van der Waals surface area contributed by atoms with Crippen LogP contribution in [0.25, 0.3) is 0 Å². The second-order valence-electron chi connectivity index (χ2n) is 12.9. The minimum absolute atomic E-state index is 0.0663. The molecular formula is C28H36O7. The van der Waals surface area contributed by atoms with E-state index in [1.807, 2.05) is 13.8 Å². The number of hydrogen-bond acceptors (Lipinski definition) is 7. The molecule has 2 N–H and O–H groups in total. The molecule has 7 heteroatoms. The monoisotopic (exact) mass is 484 g/mol. The van der Waals surface area contributed by atoms with Gasteiger partial charge >= 0.3 is 5.97 Å². The van der Waals surface area contributed by atoms with Crippen molar-refractivity contribution < 1.29 is 34.0 Å². The molecule has 5 fully saturated rings. The van der Waals surface area contributed by atoms with Gasteiger partial charge in [-0.15, -0.1) is 0 Å². The van der Waals surface area contributed by atoms with E-state index < -0.39 is 34.9 Å². The summed E-state index contributed by atoms with van der Waals surface area (Å²) in [5, 5.41) is 21.9. The number of ether oxygens (including phenoxy) is 3. The number of cyclic esters (lactones) is 1. The van der Waals surface area contributed by atoms with E-state index in [0.717, 1.165) is 25.7 Å².